The smallest absolute Gasteiger partial charge is 0.123 e. The van der Waals surface area contributed by atoms with E-state index < -0.39 is 0 Å². The molecular formula is C18H17NO3. The van der Waals surface area contributed by atoms with Crippen molar-refractivity contribution >= 4 is 0 Å². The number of nitrogens with zero attached hydrogens (tertiary/aromatic N) is 1. The van der Waals surface area contributed by atoms with E-state index in [2.05, 4.69) is 6.07 Å². The zero-order valence-electron chi connectivity index (χ0n) is 12.3. The Labute approximate surface area is 129 Å². The quantitative estimate of drug-likeness (QED) is 0.824. The Kier molecular flexibility index (Phi) is 5.44. The van der Waals surface area contributed by atoms with Crippen molar-refractivity contribution in [3.63, 3.8) is 0 Å². The molecule has 0 unspecified atom stereocenters. The number of aliphatic hydroxyl groups excluding tert-OH is 1. The Bertz CT molecular complexity index is 684. The molecule has 112 valence electrons. The topological polar surface area (TPSA) is 62.5 Å². The van der Waals surface area contributed by atoms with Crippen molar-refractivity contribution in [2.24, 2.45) is 0 Å². The molecule has 22 heavy (non-hydrogen) atoms. The molecule has 2 aromatic rings. The van der Waals surface area contributed by atoms with Gasteiger partial charge in [-0.1, -0.05) is 12.1 Å². The van der Waals surface area contributed by atoms with Crippen LogP contribution in [0.1, 0.15) is 16.7 Å². The van der Waals surface area contributed by atoms with Crippen LogP contribution in [0.4, 0.5) is 0 Å². The number of hydrogen-bond donors (Lipinski definition) is 1. The first kappa shape index (κ1) is 15.5. The van der Waals surface area contributed by atoms with Gasteiger partial charge < -0.3 is 14.6 Å². The number of methoxy groups -OCH3 is 1. The number of aliphatic hydroxyl groups is 1. The van der Waals surface area contributed by atoms with Crippen molar-refractivity contribution in [3.8, 4) is 17.6 Å². The van der Waals surface area contributed by atoms with Gasteiger partial charge in [0.15, 0.2) is 0 Å². The number of rotatable bonds is 6. The van der Waals surface area contributed by atoms with Crippen molar-refractivity contribution in [3.05, 3.63) is 71.5 Å². The van der Waals surface area contributed by atoms with Gasteiger partial charge in [0, 0.05) is 0 Å². The maximum absolute atomic E-state index is 8.97. The molecule has 4 nitrogen and oxygen atoms in total. The first-order chi connectivity index (χ1) is 10.8. The SMILES string of the molecule is COc1ccc(COc2ccc(C#N)cc2CC=CO)cc1. The molecule has 0 amide bonds. The Balaban J connectivity index is 2.12. The number of allylic oxidation sites excluding steroid dienone is 1. The summed E-state index contributed by atoms with van der Waals surface area (Å²) >= 11 is 0. The van der Waals surface area contributed by atoms with E-state index in [4.69, 9.17) is 19.8 Å². The van der Waals surface area contributed by atoms with E-state index in [0.717, 1.165) is 23.1 Å². The molecule has 1 N–H and O–H groups in total. The molecule has 4 heteroatoms. The van der Waals surface area contributed by atoms with Gasteiger partial charge in [-0.05, 0) is 54.0 Å². The predicted molar refractivity (Wildman–Crippen MR) is 84.0 cm³/mol. The summed E-state index contributed by atoms with van der Waals surface area (Å²) in [5, 5.41) is 17.8. The minimum absolute atomic E-state index is 0.422. The molecule has 2 aromatic carbocycles. The highest BCUT2D eigenvalue weighted by Crippen LogP contribution is 2.22. The number of benzene rings is 2. The summed E-state index contributed by atoms with van der Waals surface area (Å²) in [7, 11) is 1.63. The zero-order valence-corrected chi connectivity index (χ0v) is 12.3. The molecule has 0 aromatic heterocycles. The average Bonchev–Trinajstić information content (AvgIpc) is 2.58. The average molecular weight is 295 g/mol. The fraction of sp³-hybridized carbons (Fsp3) is 0.167. The lowest BCUT2D eigenvalue weighted by atomic mass is 10.1. The largest absolute Gasteiger partial charge is 0.516 e. The first-order valence-corrected chi connectivity index (χ1v) is 6.85. The van der Waals surface area contributed by atoms with E-state index >= 15 is 0 Å². The van der Waals surface area contributed by atoms with Gasteiger partial charge in [0.05, 0.1) is 25.0 Å². The Morgan fingerprint density at radius 3 is 2.59 bits per heavy atom. The monoisotopic (exact) mass is 295 g/mol. The van der Waals surface area contributed by atoms with Crippen LogP contribution in [0.3, 0.4) is 0 Å². The summed E-state index contributed by atoms with van der Waals surface area (Å²) in [5.74, 6) is 1.50. The van der Waals surface area contributed by atoms with Crippen LogP contribution in [0, 0.1) is 11.3 Å². The Hall–Kier alpha value is -2.93. The highest BCUT2D eigenvalue weighted by molar-refractivity contribution is 5.43. The van der Waals surface area contributed by atoms with E-state index in [1.165, 1.54) is 0 Å². The van der Waals surface area contributed by atoms with Gasteiger partial charge in [-0.2, -0.15) is 5.26 Å². The van der Waals surface area contributed by atoms with Gasteiger partial charge in [-0.25, -0.2) is 0 Å². The molecule has 0 radical (unpaired) electrons. The Morgan fingerprint density at radius 1 is 1.18 bits per heavy atom. The lowest BCUT2D eigenvalue weighted by Crippen LogP contribution is -1.99. The van der Waals surface area contributed by atoms with Gasteiger partial charge in [-0.15, -0.1) is 0 Å². The molecule has 2 rings (SSSR count). The van der Waals surface area contributed by atoms with E-state index in [0.29, 0.717) is 24.3 Å². The molecule has 0 fully saturated rings. The van der Waals surface area contributed by atoms with E-state index in [-0.39, 0.29) is 0 Å². The number of ether oxygens (including phenoxy) is 2. The second-order valence-corrected chi connectivity index (χ2v) is 4.66. The second kappa shape index (κ2) is 7.75. The van der Waals surface area contributed by atoms with Crippen molar-refractivity contribution in [2.75, 3.05) is 7.11 Å². The van der Waals surface area contributed by atoms with E-state index in [1.54, 1.807) is 31.4 Å². The van der Waals surface area contributed by atoms with Gasteiger partial charge in [0.25, 0.3) is 0 Å². The van der Waals surface area contributed by atoms with Gasteiger partial charge in [0.1, 0.15) is 18.1 Å². The molecule has 0 aliphatic carbocycles. The minimum atomic E-state index is 0.422. The van der Waals surface area contributed by atoms with Crippen molar-refractivity contribution in [1.82, 2.24) is 0 Å². The third-order valence-electron chi connectivity index (χ3n) is 3.19. The van der Waals surface area contributed by atoms with Crippen LogP contribution >= 0.6 is 0 Å². The van der Waals surface area contributed by atoms with Crippen LogP contribution in [0.25, 0.3) is 0 Å². The maximum Gasteiger partial charge on any atom is 0.123 e. The van der Waals surface area contributed by atoms with Crippen molar-refractivity contribution in [2.45, 2.75) is 13.0 Å². The second-order valence-electron chi connectivity index (χ2n) is 4.66. The fourth-order valence-electron chi connectivity index (χ4n) is 2.01. The molecule has 0 spiro atoms. The van der Waals surface area contributed by atoms with Crippen LogP contribution in [0.2, 0.25) is 0 Å². The molecule has 0 bridgehead atoms. The van der Waals surface area contributed by atoms with Crippen LogP contribution < -0.4 is 9.47 Å². The summed E-state index contributed by atoms with van der Waals surface area (Å²) in [6.45, 7) is 0.422. The third kappa shape index (κ3) is 4.03. The lowest BCUT2D eigenvalue weighted by molar-refractivity contribution is 0.303. The minimum Gasteiger partial charge on any atom is -0.516 e. The van der Waals surface area contributed by atoms with Crippen LogP contribution in [0.5, 0.6) is 11.5 Å². The highest BCUT2D eigenvalue weighted by Gasteiger charge is 2.05. The van der Waals surface area contributed by atoms with Gasteiger partial charge >= 0.3 is 0 Å². The van der Waals surface area contributed by atoms with Crippen LogP contribution in [-0.2, 0) is 13.0 Å². The van der Waals surface area contributed by atoms with Crippen LogP contribution in [-0.4, -0.2) is 12.2 Å². The van der Waals surface area contributed by atoms with Crippen molar-refractivity contribution in [1.29, 1.82) is 5.26 Å². The van der Waals surface area contributed by atoms with Gasteiger partial charge in [0.2, 0.25) is 0 Å². The summed E-state index contributed by atoms with van der Waals surface area (Å²) in [6, 6.07) is 15.0. The number of nitriles is 1. The predicted octanol–water partition coefficient (Wildman–Crippen LogP) is 3.76. The molecule has 0 heterocycles. The lowest BCUT2D eigenvalue weighted by Gasteiger charge is -2.11. The standard InChI is InChI=1S/C18H17NO3/c1-21-17-7-4-14(5-8-17)13-22-18-9-6-15(12-19)11-16(18)3-2-10-20/h2,4-11,20H,3,13H2,1H3. The summed E-state index contributed by atoms with van der Waals surface area (Å²) in [5.41, 5.74) is 2.45. The molecule has 0 atom stereocenters. The Morgan fingerprint density at radius 2 is 1.95 bits per heavy atom. The summed E-state index contributed by atoms with van der Waals surface area (Å²) < 4.78 is 10.9. The molecule has 0 saturated heterocycles. The maximum atomic E-state index is 8.97. The first-order valence-electron chi connectivity index (χ1n) is 6.85. The molecule has 0 aliphatic heterocycles. The summed E-state index contributed by atoms with van der Waals surface area (Å²) in [6.07, 6.45) is 3.10. The highest BCUT2D eigenvalue weighted by atomic mass is 16.5. The normalized spacial score (nSPS) is 10.4. The zero-order chi connectivity index (χ0) is 15.8. The van der Waals surface area contributed by atoms with E-state index in [1.807, 2.05) is 24.3 Å². The number of hydrogen-bond acceptors (Lipinski definition) is 4. The van der Waals surface area contributed by atoms with Crippen molar-refractivity contribution < 1.29 is 14.6 Å². The molecule has 0 saturated carbocycles. The third-order valence-corrected chi connectivity index (χ3v) is 3.19. The van der Waals surface area contributed by atoms with Crippen LogP contribution in [0.15, 0.2) is 54.8 Å². The fourth-order valence-corrected chi connectivity index (χ4v) is 2.01. The summed E-state index contributed by atoms with van der Waals surface area (Å²) in [4.78, 5) is 0. The molecular weight excluding hydrogens is 278 g/mol. The molecule has 0 aliphatic rings. The van der Waals surface area contributed by atoms with Gasteiger partial charge in [-0.3, -0.25) is 0 Å². The van der Waals surface area contributed by atoms with E-state index in [9.17, 15) is 0 Å².